The van der Waals surface area contributed by atoms with Gasteiger partial charge >= 0.3 is 23.7 Å². The van der Waals surface area contributed by atoms with Crippen molar-refractivity contribution in [2.75, 3.05) is 0 Å². The topological polar surface area (TPSA) is 17.8 Å². The zero-order chi connectivity index (χ0) is 21.6. The molecule has 1 aromatic rings. The first-order valence-electron chi connectivity index (χ1n) is 6.63. The Balaban J connectivity index is 3.38. The minimum Gasteiger partial charge on any atom is -0.335 e. The van der Waals surface area contributed by atoms with Crippen molar-refractivity contribution in [2.24, 2.45) is 7.05 Å². The smallest absolute Gasteiger partial charge is 0.335 e. The summed E-state index contributed by atoms with van der Waals surface area (Å²) in [5.74, 6) is -30.0. The van der Waals surface area contributed by atoms with Gasteiger partial charge in [0.25, 0.3) is 6.43 Å². The van der Waals surface area contributed by atoms with E-state index in [0.717, 1.165) is 13.2 Å². The minimum absolute atomic E-state index is 0.331. The highest BCUT2D eigenvalue weighted by Crippen LogP contribution is 2.58. The molecule has 27 heavy (non-hydrogen) atoms. The third-order valence-corrected chi connectivity index (χ3v) is 3.50. The maximum atomic E-state index is 13.7. The number of nitrogens with zero attached hydrogens (tertiary/aromatic N) is 2. The van der Waals surface area contributed by atoms with Gasteiger partial charge in [-0.1, -0.05) is 0 Å². The minimum atomic E-state index is -7.46. The molecule has 0 radical (unpaired) electrons. The van der Waals surface area contributed by atoms with E-state index < -0.39 is 54.5 Å². The van der Waals surface area contributed by atoms with Gasteiger partial charge in [-0.2, -0.15) is 35.1 Å². The monoisotopic (exact) mass is 428 g/mol. The molecule has 0 aliphatic rings. The zero-order valence-corrected chi connectivity index (χ0v) is 12.8. The SMILES string of the molecule is Cn1ccnc1C(F)C(F)(F)C(F)(F)C(F)(F)C(F)(F)C(F)C(F)C(F)F. The summed E-state index contributed by atoms with van der Waals surface area (Å²) in [7, 11) is 0.768. The first kappa shape index (κ1) is 23.3. The van der Waals surface area contributed by atoms with Crippen molar-refractivity contribution >= 4 is 0 Å². The predicted octanol–water partition coefficient (Wildman–Crippen LogP) is 4.91. The Morgan fingerprint density at radius 1 is 0.815 bits per heavy atom. The Hall–Kier alpha value is -1.70. The lowest BCUT2D eigenvalue weighted by Gasteiger charge is -2.38. The fourth-order valence-electron chi connectivity index (χ4n) is 1.86. The van der Waals surface area contributed by atoms with Gasteiger partial charge in [0.05, 0.1) is 0 Å². The van der Waals surface area contributed by atoms with Gasteiger partial charge in [0, 0.05) is 19.4 Å². The van der Waals surface area contributed by atoms with E-state index in [0.29, 0.717) is 10.8 Å². The van der Waals surface area contributed by atoms with Crippen LogP contribution in [-0.4, -0.2) is 52.0 Å². The van der Waals surface area contributed by atoms with E-state index in [9.17, 15) is 57.1 Å². The third kappa shape index (κ3) is 3.44. The van der Waals surface area contributed by atoms with Crippen molar-refractivity contribution in [1.29, 1.82) is 0 Å². The number of halogens is 13. The summed E-state index contributed by atoms with van der Waals surface area (Å²) in [4.78, 5) is 2.84. The summed E-state index contributed by atoms with van der Waals surface area (Å²) >= 11 is 0. The third-order valence-electron chi connectivity index (χ3n) is 3.50. The normalized spacial score (nSPS) is 17.9. The van der Waals surface area contributed by atoms with Crippen LogP contribution in [0, 0.1) is 0 Å². The van der Waals surface area contributed by atoms with Crippen LogP contribution in [0.4, 0.5) is 57.1 Å². The maximum Gasteiger partial charge on any atom is 0.381 e. The largest absolute Gasteiger partial charge is 0.381 e. The van der Waals surface area contributed by atoms with Crippen LogP contribution >= 0.6 is 0 Å². The summed E-state index contributed by atoms with van der Waals surface area (Å²) in [5, 5.41) is 0. The summed E-state index contributed by atoms with van der Waals surface area (Å²) in [5.41, 5.74) is 0. The van der Waals surface area contributed by atoms with Gasteiger partial charge in [-0.05, 0) is 0 Å². The summed E-state index contributed by atoms with van der Waals surface area (Å²) in [6, 6.07) is 0. The second-order valence-corrected chi connectivity index (χ2v) is 5.33. The number of aromatic nitrogens is 2. The first-order valence-corrected chi connectivity index (χ1v) is 6.63. The highest BCUT2D eigenvalue weighted by Gasteiger charge is 2.85. The van der Waals surface area contributed by atoms with Crippen LogP contribution in [0.25, 0.3) is 0 Å². The lowest BCUT2D eigenvalue weighted by molar-refractivity contribution is -0.388. The van der Waals surface area contributed by atoms with E-state index >= 15 is 0 Å². The highest BCUT2D eigenvalue weighted by molar-refractivity contribution is 5.13. The predicted molar refractivity (Wildman–Crippen MR) is 62.6 cm³/mol. The second-order valence-electron chi connectivity index (χ2n) is 5.33. The van der Waals surface area contributed by atoms with Gasteiger partial charge in [-0.25, -0.2) is 26.9 Å². The second kappa shape index (κ2) is 7.04. The van der Waals surface area contributed by atoms with Crippen LogP contribution in [0.15, 0.2) is 12.4 Å². The highest BCUT2D eigenvalue weighted by atomic mass is 19.4. The van der Waals surface area contributed by atoms with Crippen molar-refractivity contribution in [3.05, 3.63) is 18.2 Å². The lowest BCUT2D eigenvalue weighted by Crippen LogP contribution is -2.67. The van der Waals surface area contributed by atoms with Gasteiger partial charge < -0.3 is 4.57 Å². The molecule has 0 aliphatic carbocycles. The summed E-state index contributed by atoms with van der Waals surface area (Å²) < 4.78 is 171. The Morgan fingerprint density at radius 2 is 1.26 bits per heavy atom. The molecule has 0 amide bonds. The van der Waals surface area contributed by atoms with Crippen LogP contribution in [0.5, 0.6) is 0 Å². The molecule has 158 valence electrons. The van der Waals surface area contributed by atoms with Crippen LogP contribution in [-0.2, 0) is 7.05 Å². The number of aryl methyl sites for hydroxylation is 1. The molecule has 1 aromatic heterocycles. The molecule has 0 N–H and O–H groups in total. The molecular formula is C12H9F13N2. The molecule has 0 spiro atoms. The molecular weight excluding hydrogens is 419 g/mol. The van der Waals surface area contributed by atoms with Gasteiger partial charge in [0.2, 0.25) is 12.3 Å². The van der Waals surface area contributed by atoms with Crippen LogP contribution in [0.3, 0.4) is 0 Å². The molecule has 0 saturated carbocycles. The molecule has 1 heterocycles. The van der Waals surface area contributed by atoms with Crippen LogP contribution in [0.2, 0.25) is 0 Å². The Kier molecular flexibility index (Phi) is 6.08. The van der Waals surface area contributed by atoms with Crippen molar-refractivity contribution in [3.8, 4) is 0 Å². The van der Waals surface area contributed by atoms with Gasteiger partial charge in [-0.3, -0.25) is 0 Å². The average molecular weight is 428 g/mol. The first-order chi connectivity index (χ1) is 11.9. The van der Waals surface area contributed by atoms with Crippen molar-refractivity contribution in [3.63, 3.8) is 0 Å². The fraction of sp³-hybridized carbons (Fsp3) is 0.750. The Labute approximate surface area is 142 Å². The van der Waals surface area contributed by atoms with E-state index in [-0.39, 0.29) is 0 Å². The van der Waals surface area contributed by atoms with Gasteiger partial charge in [0.1, 0.15) is 5.82 Å². The van der Waals surface area contributed by atoms with Crippen molar-refractivity contribution in [1.82, 2.24) is 9.55 Å². The average Bonchev–Trinajstić information content (AvgIpc) is 2.97. The molecule has 3 atom stereocenters. The number of alkyl halides is 13. The van der Waals surface area contributed by atoms with E-state index in [1.54, 1.807) is 0 Å². The molecule has 2 nitrogen and oxygen atoms in total. The molecule has 0 bridgehead atoms. The van der Waals surface area contributed by atoms with E-state index in [4.69, 9.17) is 0 Å². The van der Waals surface area contributed by atoms with Crippen molar-refractivity contribution < 1.29 is 57.1 Å². The quantitative estimate of drug-likeness (QED) is 0.538. The molecule has 15 heteroatoms. The number of imidazole rings is 1. The fourth-order valence-corrected chi connectivity index (χ4v) is 1.86. The number of rotatable bonds is 8. The van der Waals surface area contributed by atoms with E-state index in [2.05, 4.69) is 4.98 Å². The molecule has 0 fully saturated rings. The van der Waals surface area contributed by atoms with Gasteiger partial charge in [-0.15, -0.1) is 0 Å². The van der Waals surface area contributed by atoms with Gasteiger partial charge in [0.15, 0.2) is 6.17 Å². The Morgan fingerprint density at radius 3 is 1.63 bits per heavy atom. The lowest BCUT2D eigenvalue weighted by atomic mass is 9.91. The van der Waals surface area contributed by atoms with Crippen molar-refractivity contribution in [2.45, 2.75) is 48.6 Å². The molecule has 3 unspecified atom stereocenters. The van der Waals surface area contributed by atoms with E-state index in [1.165, 1.54) is 0 Å². The van der Waals surface area contributed by atoms with Crippen LogP contribution < -0.4 is 0 Å². The molecule has 1 rings (SSSR count). The Bertz CT molecular complexity index is 641. The standard InChI is InChI=1S/C12H9F13N2/c1-27-3-2-26-8(27)6(15)10(20,21)12(24,25)11(22,23)9(18,19)5(14)4(13)7(16)17/h2-7H,1H3. The number of hydrogen-bond donors (Lipinski definition) is 0. The zero-order valence-electron chi connectivity index (χ0n) is 12.8. The maximum absolute atomic E-state index is 13.7. The molecule has 0 aromatic carbocycles. The molecule has 0 aliphatic heterocycles. The van der Waals surface area contributed by atoms with E-state index in [1.807, 2.05) is 0 Å². The van der Waals surface area contributed by atoms with Crippen LogP contribution in [0.1, 0.15) is 12.0 Å². The number of hydrogen-bond acceptors (Lipinski definition) is 1. The molecule has 0 saturated heterocycles. The summed E-state index contributed by atoms with van der Waals surface area (Å²) in [6.07, 6.45) is -17.7. The summed E-state index contributed by atoms with van der Waals surface area (Å²) in [6.45, 7) is 0.